The molecule has 0 N–H and O–H groups in total. The number of epoxide rings is 1. The topological polar surface area (TPSA) is 21.8 Å². The van der Waals surface area contributed by atoms with Gasteiger partial charge in [0.1, 0.15) is 5.75 Å². The Labute approximate surface area is 91.0 Å². The van der Waals surface area contributed by atoms with Gasteiger partial charge in [-0.05, 0) is 24.6 Å². The van der Waals surface area contributed by atoms with Gasteiger partial charge in [-0.3, -0.25) is 0 Å². The molecule has 88 valence electrons. The van der Waals surface area contributed by atoms with Crippen LogP contribution in [0.15, 0.2) is 24.3 Å². The SMILES string of the molecule is CCOc1ccc([C@@]2(C(F)(F)F)CO2)cc1. The minimum Gasteiger partial charge on any atom is -0.494 e. The summed E-state index contributed by atoms with van der Waals surface area (Å²) in [5.41, 5.74) is -1.96. The van der Waals surface area contributed by atoms with Gasteiger partial charge in [0, 0.05) is 0 Å². The zero-order chi connectivity index (χ0) is 11.8. The van der Waals surface area contributed by atoms with E-state index >= 15 is 0 Å². The molecule has 0 radical (unpaired) electrons. The monoisotopic (exact) mass is 232 g/mol. The van der Waals surface area contributed by atoms with Crippen LogP contribution in [0.4, 0.5) is 13.2 Å². The molecule has 2 rings (SSSR count). The Morgan fingerprint density at radius 1 is 1.31 bits per heavy atom. The molecule has 0 bridgehead atoms. The number of rotatable bonds is 3. The van der Waals surface area contributed by atoms with Crippen molar-refractivity contribution in [3.8, 4) is 5.75 Å². The van der Waals surface area contributed by atoms with Crippen LogP contribution in [-0.2, 0) is 10.3 Å². The van der Waals surface area contributed by atoms with Crippen LogP contribution in [0.5, 0.6) is 5.75 Å². The molecule has 1 aliphatic heterocycles. The van der Waals surface area contributed by atoms with Gasteiger partial charge < -0.3 is 9.47 Å². The molecule has 1 atom stereocenters. The first-order valence-corrected chi connectivity index (χ1v) is 4.93. The number of hydrogen-bond acceptors (Lipinski definition) is 2. The average molecular weight is 232 g/mol. The van der Waals surface area contributed by atoms with Crippen LogP contribution < -0.4 is 4.74 Å². The molecule has 1 aliphatic rings. The molecule has 1 fully saturated rings. The quantitative estimate of drug-likeness (QED) is 0.747. The fraction of sp³-hybridized carbons (Fsp3) is 0.455. The first-order valence-electron chi connectivity index (χ1n) is 4.93. The maximum absolute atomic E-state index is 12.7. The molecule has 0 aromatic heterocycles. The zero-order valence-electron chi connectivity index (χ0n) is 8.67. The predicted octanol–water partition coefficient (Wildman–Crippen LogP) is 2.87. The van der Waals surface area contributed by atoms with E-state index < -0.39 is 11.8 Å². The summed E-state index contributed by atoms with van der Waals surface area (Å²) < 4.78 is 47.8. The molecule has 0 spiro atoms. The highest BCUT2D eigenvalue weighted by molar-refractivity contribution is 5.34. The summed E-state index contributed by atoms with van der Waals surface area (Å²) in [6.45, 7) is 2.00. The van der Waals surface area contributed by atoms with Crippen LogP contribution in [0, 0.1) is 0 Å². The summed E-state index contributed by atoms with van der Waals surface area (Å²) in [5.74, 6) is 0.559. The molecular weight excluding hydrogens is 221 g/mol. The fourth-order valence-corrected chi connectivity index (χ4v) is 1.55. The maximum atomic E-state index is 12.7. The van der Waals surface area contributed by atoms with Crippen LogP contribution in [-0.4, -0.2) is 19.4 Å². The molecule has 16 heavy (non-hydrogen) atoms. The van der Waals surface area contributed by atoms with Gasteiger partial charge in [-0.25, -0.2) is 0 Å². The van der Waals surface area contributed by atoms with Crippen molar-refractivity contribution in [1.82, 2.24) is 0 Å². The van der Waals surface area contributed by atoms with Gasteiger partial charge in [-0.2, -0.15) is 13.2 Å². The predicted molar refractivity (Wildman–Crippen MR) is 51.3 cm³/mol. The average Bonchev–Trinajstić information content (AvgIpc) is 2.99. The lowest BCUT2D eigenvalue weighted by molar-refractivity contribution is -0.187. The van der Waals surface area contributed by atoms with E-state index in [1.165, 1.54) is 24.3 Å². The van der Waals surface area contributed by atoms with Crippen molar-refractivity contribution in [3.05, 3.63) is 29.8 Å². The molecule has 1 heterocycles. The lowest BCUT2D eigenvalue weighted by Crippen LogP contribution is -2.30. The Balaban J connectivity index is 2.22. The van der Waals surface area contributed by atoms with E-state index in [0.717, 1.165) is 0 Å². The number of ether oxygens (including phenoxy) is 2. The Bertz CT molecular complexity index is 366. The minimum atomic E-state index is -4.36. The Morgan fingerprint density at radius 2 is 1.88 bits per heavy atom. The van der Waals surface area contributed by atoms with Gasteiger partial charge in [0.25, 0.3) is 0 Å². The summed E-state index contributed by atoms with van der Waals surface area (Å²) in [5, 5.41) is 0. The highest BCUT2D eigenvalue weighted by Gasteiger charge is 2.67. The highest BCUT2D eigenvalue weighted by atomic mass is 19.4. The van der Waals surface area contributed by atoms with E-state index in [1.54, 1.807) is 0 Å². The van der Waals surface area contributed by atoms with Gasteiger partial charge in [0.2, 0.25) is 5.60 Å². The Hall–Kier alpha value is -1.23. The molecule has 0 amide bonds. The van der Waals surface area contributed by atoms with E-state index in [9.17, 15) is 13.2 Å². The zero-order valence-corrected chi connectivity index (χ0v) is 8.67. The van der Waals surface area contributed by atoms with Crippen molar-refractivity contribution in [1.29, 1.82) is 0 Å². The van der Waals surface area contributed by atoms with Crippen molar-refractivity contribution < 1.29 is 22.6 Å². The summed E-state index contributed by atoms with van der Waals surface area (Å²) >= 11 is 0. The van der Waals surface area contributed by atoms with Crippen LogP contribution in [0.3, 0.4) is 0 Å². The lowest BCUT2D eigenvalue weighted by atomic mass is 9.99. The van der Waals surface area contributed by atoms with E-state index in [2.05, 4.69) is 4.74 Å². The number of benzene rings is 1. The summed E-state index contributed by atoms with van der Waals surface area (Å²) in [4.78, 5) is 0. The van der Waals surface area contributed by atoms with Gasteiger partial charge in [0.05, 0.1) is 13.2 Å². The third-order valence-electron chi connectivity index (χ3n) is 2.52. The minimum absolute atomic E-state index is 0.128. The molecular formula is C11H11F3O2. The third kappa shape index (κ3) is 1.75. The molecule has 2 nitrogen and oxygen atoms in total. The first kappa shape index (κ1) is 11.3. The molecule has 0 saturated carbocycles. The summed E-state index contributed by atoms with van der Waals surface area (Å²) in [6, 6.07) is 5.83. The lowest BCUT2D eigenvalue weighted by Gasteiger charge is -2.16. The number of alkyl halides is 3. The van der Waals surface area contributed by atoms with Crippen LogP contribution in [0.2, 0.25) is 0 Å². The van der Waals surface area contributed by atoms with Crippen molar-refractivity contribution in [2.75, 3.05) is 13.2 Å². The molecule has 0 aliphatic carbocycles. The standard InChI is InChI=1S/C11H11F3O2/c1-2-15-9-5-3-8(4-6-9)10(7-16-10)11(12,13)14/h3-6H,2,7H2,1H3/t10-/m1/s1. The van der Waals surface area contributed by atoms with Crippen LogP contribution in [0.1, 0.15) is 12.5 Å². The molecule has 0 unspecified atom stereocenters. The van der Waals surface area contributed by atoms with E-state index in [0.29, 0.717) is 12.4 Å². The smallest absolute Gasteiger partial charge is 0.424 e. The highest BCUT2D eigenvalue weighted by Crippen LogP contribution is 2.51. The van der Waals surface area contributed by atoms with Crippen molar-refractivity contribution in [2.24, 2.45) is 0 Å². The van der Waals surface area contributed by atoms with Crippen molar-refractivity contribution >= 4 is 0 Å². The van der Waals surface area contributed by atoms with Gasteiger partial charge in [-0.1, -0.05) is 12.1 Å². The molecule has 1 aromatic rings. The van der Waals surface area contributed by atoms with Gasteiger partial charge >= 0.3 is 6.18 Å². The van der Waals surface area contributed by atoms with Gasteiger partial charge in [-0.15, -0.1) is 0 Å². The van der Waals surface area contributed by atoms with Crippen LogP contribution >= 0.6 is 0 Å². The van der Waals surface area contributed by atoms with Crippen molar-refractivity contribution in [3.63, 3.8) is 0 Å². The molecule has 1 aromatic carbocycles. The maximum Gasteiger partial charge on any atom is 0.424 e. The van der Waals surface area contributed by atoms with E-state index in [4.69, 9.17) is 4.74 Å². The molecule has 5 heteroatoms. The normalized spacial score (nSPS) is 24.2. The second kappa shape index (κ2) is 3.66. The third-order valence-corrected chi connectivity index (χ3v) is 2.52. The van der Waals surface area contributed by atoms with E-state index in [-0.39, 0.29) is 12.2 Å². The second-order valence-corrected chi connectivity index (χ2v) is 3.57. The van der Waals surface area contributed by atoms with Gasteiger partial charge in [0.15, 0.2) is 0 Å². The van der Waals surface area contributed by atoms with Crippen molar-refractivity contribution in [2.45, 2.75) is 18.7 Å². The summed E-state index contributed by atoms with van der Waals surface area (Å²) in [6.07, 6.45) is -4.36. The van der Waals surface area contributed by atoms with E-state index in [1.807, 2.05) is 6.92 Å². The Morgan fingerprint density at radius 3 is 2.25 bits per heavy atom. The fourth-order valence-electron chi connectivity index (χ4n) is 1.55. The molecule has 1 saturated heterocycles. The summed E-state index contributed by atoms with van der Waals surface area (Å²) in [7, 11) is 0. The second-order valence-electron chi connectivity index (χ2n) is 3.57. The number of hydrogen-bond donors (Lipinski definition) is 0. The number of halogens is 3. The largest absolute Gasteiger partial charge is 0.494 e. The Kier molecular flexibility index (Phi) is 2.58. The first-order chi connectivity index (χ1) is 7.49. The van der Waals surface area contributed by atoms with Crippen LogP contribution in [0.25, 0.3) is 0 Å².